The number of carbonyl (C=O) groups excluding carboxylic acids is 4. The number of nitrogens with one attached hydrogen (secondary N) is 3. The van der Waals surface area contributed by atoms with Crippen molar-refractivity contribution in [3.63, 3.8) is 0 Å². The molecule has 0 aromatic heterocycles. The number of aliphatic carboxylic acids is 2. The minimum atomic E-state index is -1.61. The molecular formula is C14H23N5O9. The molecule has 4 atom stereocenters. The Morgan fingerprint density at radius 1 is 0.964 bits per heavy atom. The second-order valence-corrected chi connectivity index (χ2v) is 5.78. The van der Waals surface area contributed by atoms with Gasteiger partial charge in [-0.2, -0.15) is 0 Å². The van der Waals surface area contributed by atoms with Crippen LogP contribution in [0.5, 0.6) is 0 Å². The van der Waals surface area contributed by atoms with Gasteiger partial charge in [0.2, 0.25) is 23.6 Å². The lowest BCUT2D eigenvalue weighted by Crippen LogP contribution is -2.55. The molecule has 0 aliphatic carbocycles. The van der Waals surface area contributed by atoms with Crippen LogP contribution in [0.3, 0.4) is 0 Å². The van der Waals surface area contributed by atoms with E-state index in [1.807, 2.05) is 10.6 Å². The summed E-state index contributed by atoms with van der Waals surface area (Å²) in [5.41, 5.74) is 10.3. The van der Waals surface area contributed by atoms with Crippen molar-refractivity contribution in [3.05, 3.63) is 0 Å². The van der Waals surface area contributed by atoms with E-state index in [1.54, 1.807) is 0 Å². The van der Waals surface area contributed by atoms with Gasteiger partial charge in [-0.15, -0.1) is 0 Å². The van der Waals surface area contributed by atoms with Crippen LogP contribution in [0.25, 0.3) is 0 Å². The summed E-state index contributed by atoms with van der Waals surface area (Å²) in [7, 11) is 0. The van der Waals surface area contributed by atoms with E-state index in [-0.39, 0.29) is 0 Å². The lowest BCUT2D eigenvalue weighted by molar-refractivity contribution is -0.144. The normalized spacial score (nSPS) is 14.7. The van der Waals surface area contributed by atoms with Crippen LogP contribution in [0.1, 0.15) is 19.8 Å². The van der Waals surface area contributed by atoms with Gasteiger partial charge in [0, 0.05) is 0 Å². The fourth-order valence-electron chi connectivity index (χ4n) is 1.87. The van der Waals surface area contributed by atoms with Gasteiger partial charge in [-0.05, 0) is 6.92 Å². The monoisotopic (exact) mass is 405 g/mol. The van der Waals surface area contributed by atoms with Crippen LogP contribution in [0.15, 0.2) is 0 Å². The van der Waals surface area contributed by atoms with Crippen LogP contribution in [0, 0.1) is 0 Å². The molecule has 0 aromatic carbocycles. The Bertz CT molecular complexity index is 637. The average molecular weight is 405 g/mol. The van der Waals surface area contributed by atoms with E-state index in [0.717, 1.165) is 6.92 Å². The number of amides is 4. The van der Waals surface area contributed by atoms with Crippen molar-refractivity contribution in [2.24, 2.45) is 11.5 Å². The van der Waals surface area contributed by atoms with E-state index >= 15 is 0 Å². The molecule has 0 spiro atoms. The van der Waals surface area contributed by atoms with Crippen LogP contribution < -0.4 is 27.4 Å². The van der Waals surface area contributed by atoms with Gasteiger partial charge in [-0.1, -0.05) is 0 Å². The molecule has 0 saturated carbocycles. The van der Waals surface area contributed by atoms with Gasteiger partial charge in [0.25, 0.3) is 0 Å². The van der Waals surface area contributed by atoms with Crippen LogP contribution in [0.4, 0.5) is 0 Å². The molecular weight excluding hydrogens is 382 g/mol. The number of aliphatic hydroxyl groups is 1. The summed E-state index contributed by atoms with van der Waals surface area (Å²) in [4.78, 5) is 68.1. The average Bonchev–Trinajstić information content (AvgIpc) is 2.55. The van der Waals surface area contributed by atoms with Crippen molar-refractivity contribution in [1.29, 1.82) is 0 Å². The zero-order valence-corrected chi connectivity index (χ0v) is 14.9. The van der Waals surface area contributed by atoms with E-state index in [4.69, 9.17) is 21.7 Å². The maximum Gasteiger partial charge on any atom is 0.328 e. The first-order valence-electron chi connectivity index (χ1n) is 7.89. The fraction of sp³-hybridized carbons (Fsp3) is 0.571. The van der Waals surface area contributed by atoms with Gasteiger partial charge in [-0.3, -0.25) is 24.0 Å². The van der Waals surface area contributed by atoms with Crippen molar-refractivity contribution in [3.8, 4) is 0 Å². The third-order valence-electron chi connectivity index (χ3n) is 3.26. The highest BCUT2D eigenvalue weighted by Crippen LogP contribution is 1.97. The van der Waals surface area contributed by atoms with E-state index in [1.165, 1.54) is 0 Å². The van der Waals surface area contributed by atoms with E-state index in [9.17, 15) is 33.9 Å². The van der Waals surface area contributed by atoms with E-state index in [2.05, 4.69) is 5.32 Å². The zero-order chi connectivity index (χ0) is 22.0. The molecule has 4 amide bonds. The van der Waals surface area contributed by atoms with Crippen LogP contribution in [-0.2, 0) is 28.8 Å². The molecule has 14 nitrogen and oxygen atoms in total. The lowest BCUT2D eigenvalue weighted by Gasteiger charge is -2.20. The van der Waals surface area contributed by atoms with Gasteiger partial charge in [-0.25, -0.2) is 4.79 Å². The maximum atomic E-state index is 12.1. The molecule has 0 rings (SSSR count). The largest absolute Gasteiger partial charge is 0.481 e. The topological polar surface area (TPSA) is 251 Å². The molecule has 0 bridgehead atoms. The number of nitrogens with two attached hydrogens (primary N) is 2. The van der Waals surface area contributed by atoms with Crippen LogP contribution in [-0.4, -0.2) is 81.7 Å². The smallest absolute Gasteiger partial charge is 0.328 e. The summed E-state index contributed by atoms with van der Waals surface area (Å²) in [6, 6.07) is -4.64. The summed E-state index contributed by atoms with van der Waals surface area (Å²) >= 11 is 0. The highest BCUT2D eigenvalue weighted by molar-refractivity contribution is 5.95. The first-order chi connectivity index (χ1) is 12.8. The number of primary amides is 1. The molecule has 0 fully saturated rings. The minimum absolute atomic E-state index is 0.662. The number of carboxylic acid groups (broad SMARTS) is 2. The zero-order valence-electron chi connectivity index (χ0n) is 14.9. The Labute approximate surface area is 158 Å². The summed E-state index contributed by atoms with van der Waals surface area (Å²) in [6.07, 6.45) is -2.80. The minimum Gasteiger partial charge on any atom is -0.481 e. The molecule has 0 heterocycles. The SMILES string of the molecule is CC(O)C(NC(=O)CNC(=O)C(CC(N)=O)NC(=O)C(N)CC(=O)O)C(=O)O. The highest BCUT2D eigenvalue weighted by atomic mass is 16.4. The molecule has 28 heavy (non-hydrogen) atoms. The molecule has 4 unspecified atom stereocenters. The maximum absolute atomic E-state index is 12.1. The van der Waals surface area contributed by atoms with Crippen LogP contribution in [0.2, 0.25) is 0 Å². The fourth-order valence-corrected chi connectivity index (χ4v) is 1.87. The Morgan fingerprint density at radius 3 is 1.96 bits per heavy atom. The van der Waals surface area contributed by atoms with E-state index in [0.29, 0.717) is 0 Å². The summed E-state index contributed by atoms with van der Waals surface area (Å²) < 4.78 is 0. The highest BCUT2D eigenvalue weighted by Gasteiger charge is 2.28. The Hall–Kier alpha value is -3.26. The summed E-state index contributed by atoms with van der Waals surface area (Å²) in [6.45, 7) is 0.401. The number of carboxylic acids is 2. The first kappa shape index (κ1) is 24.7. The molecule has 0 radical (unpaired) electrons. The number of hydrogen-bond donors (Lipinski definition) is 8. The predicted molar refractivity (Wildman–Crippen MR) is 90.2 cm³/mol. The molecule has 158 valence electrons. The number of hydrogen-bond acceptors (Lipinski definition) is 8. The predicted octanol–water partition coefficient (Wildman–Crippen LogP) is -4.78. The summed E-state index contributed by atoms with van der Waals surface area (Å²) in [5, 5.41) is 32.8. The quantitative estimate of drug-likeness (QED) is 0.154. The van der Waals surface area contributed by atoms with Gasteiger partial charge >= 0.3 is 11.9 Å². The first-order valence-corrected chi connectivity index (χ1v) is 7.89. The number of rotatable bonds is 12. The van der Waals surface area contributed by atoms with Gasteiger partial charge < -0.3 is 42.7 Å². The second kappa shape index (κ2) is 11.5. The molecule has 0 saturated heterocycles. The molecule has 14 heteroatoms. The number of aliphatic hydroxyl groups excluding tert-OH is 1. The van der Waals surface area contributed by atoms with Gasteiger partial charge in [0.1, 0.15) is 6.04 Å². The number of carbonyl (C=O) groups is 6. The van der Waals surface area contributed by atoms with Gasteiger partial charge in [0.15, 0.2) is 6.04 Å². The lowest BCUT2D eigenvalue weighted by atomic mass is 10.1. The van der Waals surface area contributed by atoms with Crippen molar-refractivity contribution in [1.82, 2.24) is 16.0 Å². The van der Waals surface area contributed by atoms with Crippen molar-refractivity contribution in [2.75, 3.05) is 6.54 Å². The van der Waals surface area contributed by atoms with Gasteiger partial charge in [0.05, 0.1) is 31.5 Å². The Morgan fingerprint density at radius 2 is 1.54 bits per heavy atom. The summed E-state index contributed by atoms with van der Waals surface area (Å²) in [5.74, 6) is -6.85. The molecule has 10 N–H and O–H groups in total. The van der Waals surface area contributed by atoms with Crippen molar-refractivity contribution in [2.45, 2.75) is 44.0 Å². The Balaban J connectivity index is 4.87. The van der Waals surface area contributed by atoms with E-state index < -0.39 is 79.2 Å². The third-order valence-corrected chi connectivity index (χ3v) is 3.26. The Kier molecular flexibility index (Phi) is 10.1. The van der Waals surface area contributed by atoms with Crippen LogP contribution >= 0.6 is 0 Å². The van der Waals surface area contributed by atoms with Crippen molar-refractivity contribution < 1.29 is 44.1 Å². The molecule has 0 aromatic rings. The third kappa shape index (κ3) is 9.44. The standard InChI is InChI=1S/C14H23N5O9/c1-5(20)11(14(27)28)19-9(22)4-17-13(26)7(3-8(16)21)18-12(25)6(15)2-10(23)24/h5-7,11,20H,2-4,15H2,1H3,(H2,16,21)(H,17,26)(H,18,25)(H,19,22)(H,23,24)(H,27,28). The molecule has 0 aliphatic rings. The molecule has 0 aliphatic heterocycles. The van der Waals surface area contributed by atoms with Crippen molar-refractivity contribution >= 4 is 35.6 Å². The second-order valence-electron chi connectivity index (χ2n) is 5.78.